The zero-order chi connectivity index (χ0) is 44.5. The van der Waals surface area contributed by atoms with E-state index in [4.69, 9.17) is 47.4 Å². The predicted octanol–water partition coefficient (Wildman–Crippen LogP) is 9.63. The van der Waals surface area contributed by atoms with Crippen LogP contribution in [0.1, 0.15) is 40.3 Å². The Kier molecular flexibility index (Phi) is 17.5. The highest BCUT2D eigenvalue weighted by molar-refractivity contribution is 5.18. The number of hydrogen-bond donors (Lipinski definition) is 0. The third-order valence-electron chi connectivity index (χ3n) is 11.7. The Hall–Kier alpha value is -5.08. The molecule has 0 spiro atoms. The molecule has 10 heteroatoms. The summed E-state index contributed by atoms with van der Waals surface area (Å²) in [5, 5.41) is 0. The molecule has 2 aliphatic heterocycles. The first-order chi connectivity index (χ1) is 32.1. The molecule has 2 saturated heterocycles. The van der Waals surface area contributed by atoms with Crippen molar-refractivity contribution in [2.24, 2.45) is 0 Å². The SMILES string of the molecule is CO[C@@H]1O[C@H](COC2O[C@@H](C)[C@@H](OCc3ccccc3)[C@@H](OCc3ccccc3)[C@@H]2OCc2ccccc2)[C@H](OCc2ccccc2)[C@H](OCc2ccccc2)[C@H]1OCc1ccccc1. The van der Waals surface area contributed by atoms with E-state index in [-0.39, 0.29) is 6.61 Å². The highest BCUT2D eigenvalue weighted by Gasteiger charge is 2.51. The van der Waals surface area contributed by atoms with E-state index in [0.717, 1.165) is 33.4 Å². The second kappa shape index (κ2) is 24.4. The van der Waals surface area contributed by atoms with Crippen LogP contribution in [-0.4, -0.2) is 75.1 Å². The van der Waals surface area contributed by atoms with Gasteiger partial charge in [0, 0.05) is 7.11 Å². The molecule has 0 saturated carbocycles. The highest BCUT2D eigenvalue weighted by atomic mass is 16.7. The largest absolute Gasteiger partial charge is 0.368 e. The molecule has 0 bridgehead atoms. The molecular weight excluding hydrogens is 821 g/mol. The van der Waals surface area contributed by atoms with Crippen LogP contribution in [0.25, 0.3) is 0 Å². The molecule has 0 radical (unpaired) electrons. The van der Waals surface area contributed by atoms with Crippen molar-refractivity contribution >= 4 is 0 Å². The van der Waals surface area contributed by atoms with E-state index in [2.05, 4.69) is 0 Å². The van der Waals surface area contributed by atoms with Crippen LogP contribution < -0.4 is 0 Å². The summed E-state index contributed by atoms with van der Waals surface area (Å²) in [7, 11) is 1.62. The van der Waals surface area contributed by atoms with E-state index in [1.807, 2.05) is 189 Å². The summed E-state index contributed by atoms with van der Waals surface area (Å²) in [6.07, 6.45) is -6.59. The second-order valence-corrected chi connectivity index (χ2v) is 16.4. The van der Waals surface area contributed by atoms with Gasteiger partial charge in [0.15, 0.2) is 12.6 Å². The average Bonchev–Trinajstić information content (AvgIpc) is 3.36. The smallest absolute Gasteiger partial charge is 0.186 e. The predicted molar refractivity (Wildman–Crippen MR) is 246 cm³/mol. The fourth-order valence-electron chi connectivity index (χ4n) is 8.26. The van der Waals surface area contributed by atoms with Crippen LogP contribution in [0.4, 0.5) is 0 Å². The molecule has 1 unspecified atom stereocenters. The molecule has 2 heterocycles. The molecule has 0 aliphatic carbocycles. The van der Waals surface area contributed by atoms with Gasteiger partial charge in [0.2, 0.25) is 0 Å². The summed E-state index contributed by atoms with van der Waals surface area (Å²) < 4.78 is 67.4. The molecule has 6 aromatic carbocycles. The van der Waals surface area contributed by atoms with E-state index >= 15 is 0 Å². The van der Waals surface area contributed by atoms with Crippen molar-refractivity contribution in [1.82, 2.24) is 0 Å². The Labute approximate surface area is 383 Å². The second-order valence-electron chi connectivity index (χ2n) is 16.4. The maximum absolute atomic E-state index is 6.90. The third kappa shape index (κ3) is 13.3. The Bertz CT molecular complexity index is 2200. The maximum atomic E-state index is 6.90. The summed E-state index contributed by atoms with van der Waals surface area (Å²) in [5.74, 6) is 0. The van der Waals surface area contributed by atoms with Crippen molar-refractivity contribution in [3.05, 3.63) is 215 Å². The first kappa shape index (κ1) is 46.4. The lowest BCUT2D eigenvalue weighted by Crippen LogP contribution is -2.63. The number of methoxy groups -OCH3 is 1. The minimum Gasteiger partial charge on any atom is -0.368 e. The summed E-state index contributed by atoms with van der Waals surface area (Å²) in [6.45, 7) is 3.97. The van der Waals surface area contributed by atoms with Gasteiger partial charge in [-0.3, -0.25) is 0 Å². The van der Waals surface area contributed by atoms with Gasteiger partial charge in [0.25, 0.3) is 0 Å². The average molecular weight is 881 g/mol. The lowest BCUT2D eigenvalue weighted by Gasteiger charge is -2.47. The normalized spacial score (nSPS) is 25.6. The monoisotopic (exact) mass is 880 g/mol. The van der Waals surface area contributed by atoms with Crippen LogP contribution in [0.2, 0.25) is 0 Å². The fourth-order valence-corrected chi connectivity index (χ4v) is 8.26. The van der Waals surface area contributed by atoms with Crippen molar-refractivity contribution in [2.75, 3.05) is 13.7 Å². The first-order valence-corrected chi connectivity index (χ1v) is 22.5. The molecule has 65 heavy (non-hydrogen) atoms. The van der Waals surface area contributed by atoms with Crippen molar-refractivity contribution < 1.29 is 47.4 Å². The maximum Gasteiger partial charge on any atom is 0.186 e. The number of hydrogen-bond acceptors (Lipinski definition) is 10. The third-order valence-corrected chi connectivity index (χ3v) is 11.7. The van der Waals surface area contributed by atoms with E-state index in [0.29, 0.717) is 39.6 Å². The molecule has 0 amide bonds. The Morgan fingerprint density at radius 3 is 0.969 bits per heavy atom. The van der Waals surface area contributed by atoms with Crippen molar-refractivity contribution in [2.45, 2.75) is 108 Å². The molecule has 0 N–H and O–H groups in total. The van der Waals surface area contributed by atoms with Crippen LogP contribution in [0.15, 0.2) is 182 Å². The van der Waals surface area contributed by atoms with Crippen LogP contribution >= 0.6 is 0 Å². The van der Waals surface area contributed by atoms with Gasteiger partial charge in [-0.1, -0.05) is 182 Å². The molecular formula is C55H60O10. The molecule has 340 valence electrons. The minimum absolute atomic E-state index is 0.0411. The molecule has 10 nitrogen and oxygen atoms in total. The number of benzene rings is 6. The number of rotatable bonds is 22. The van der Waals surface area contributed by atoms with Gasteiger partial charge in [-0.25, -0.2) is 0 Å². The highest BCUT2D eigenvalue weighted by Crippen LogP contribution is 2.34. The molecule has 2 aliphatic rings. The molecule has 6 aromatic rings. The minimum atomic E-state index is -0.888. The van der Waals surface area contributed by atoms with Crippen molar-refractivity contribution in [1.29, 1.82) is 0 Å². The standard InChI is InChI=1S/C55H60O10/c1-40-48(57-33-41-21-9-3-10-22-41)50(59-35-43-25-13-5-14-26-43)53(62-38-46-31-19-8-20-32-46)55(64-40)63-39-47-49(58-34-42-23-11-4-12-24-42)51(60-36-44-27-15-6-16-28-44)52(54(56-2)65-47)61-37-45-29-17-7-18-30-45/h3-32,40,47-55H,33-39H2,1-2H3/t40-,47+,48+,49-,50+,51-,52+,53-,54+,55?/m0/s1. The van der Waals surface area contributed by atoms with Crippen LogP contribution in [0, 0.1) is 0 Å². The molecule has 8 rings (SSSR count). The van der Waals surface area contributed by atoms with Crippen molar-refractivity contribution in [3.63, 3.8) is 0 Å². The van der Waals surface area contributed by atoms with E-state index in [9.17, 15) is 0 Å². The van der Waals surface area contributed by atoms with Crippen molar-refractivity contribution in [3.8, 4) is 0 Å². The van der Waals surface area contributed by atoms with Crippen LogP contribution in [0.3, 0.4) is 0 Å². The van der Waals surface area contributed by atoms with Gasteiger partial charge >= 0.3 is 0 Å². The lowest BCUT2D eigenvalue weighted by molar-refractivity contribution is -0.347. The Balaban J connectivity index is 1.09. The fraction of sp³-hybridized carbons (Fsp3) is 0.345. The molecule has 2 fully saturated rings. The Morgan fingerprint density at radius 2 is 0.615 bits per heavy atom. The quantitative estimate of drug-likeness (QED) is 0.0657. The van der Waals surface area contributed by atoms with Crippen LogP contribution in [0.5, 0.6) is 0 Å². The Morgan fingerprint density at radius 1 is 0.323 bits per heavy atom. The van der Waals surface area contributed by atoms with Gasteiger partial charge < -0.3 is 47.4 Å². The number of ether oxygens (including phenoxy) is 10. The first-order valence-electron chi connectivity index (χ1n) is 22.5. The van der Waals surface area contributed by atoms with Gasteiger partial charge in [-0.05, 0) is 40.3 Å². The van der Waals surface area contributed by atoms with Gasteiger partial charge in [-0.2, -0.15) is 0 Å². The summed E-state index contributed by atoms with van der Waals surface area (Å²) in [4.78, 5) is 0. The summed E-state index contributed by atoms with van der Waals surface area (Å²) in [5.41, 5.74) is 6.09. The molecule has 10 atom stereocenters. The van der Waals surface area contributed by atoms with E-state index in [1.54, 1.807) is 7.11 Å². The summed E-state index contributed by atoms with van der Waals surface area (Å²) >= 11 is 0. The van der Waals surface area contributed by atoms with E-state index in [1.165, 1.54) is 0 Å². The molecule has 0 aromatic heterocycles. The van der Waals surface area contributed by atoms with E-state index < -0.39 is 61.4 Å². The zero-order valence-corrected chi connectivity index (χ0v) is 37.1. The lowest BCUT2D eigenvalue weighted by atomic mass is 9.97. The van der Waals surface area contributed by atoms with Gasteiger partial charge in [0.1, 0.15) is 42.7 Å². The summed E-state index contributed by atoms with van der Waals surface area (Å²) in [6, 6.07) is 60.4. The van der Waals surface area contributed by atoms with Crippen LogP contribution in [-0.2, 0) is 87.0 Å². The van der Waals surface area contributed by atoms with Gasteiger partial charge in [-0.15, -0.1) is 0 Å². The topological polar surface area (TPSA) is 92.3 Å². The zero-order valence-electron chi connectivity index (χ0n) is 37.1. The van der Waals surface area contributed by atoms with Gasteiger partial charge in [0.05, 0.1) is 52.4 Å².